The summed E-state index contributed by atoms with van der Waals surface area (Å²) < 4.78 is 27.4. The maximum absolute atomic E-state index is 10.9. The molecule has 1 aromatic carbocycles. The molecule has 0 saturated heterocycles. The van der Waals surface area contributed by atoms with Crippen LogP contribution in [-0.2, 0) is 16.3 Å². The molecule has 19 heavy (non-hydrogen) atoms. The van der Waals surface area contributed by atoms with Crippen molar-refractivity contribution in [2.75, 3.05) is 31.7 Å². The second kappa shape index (κ2) is 7.72. The standard InChI is InChI=1S/C13H20ClNO3S/c1-3-11-10-12(4-5-13(11)14)18-8-6-15-7-9-19(2,16)17/h4-5,10,15H,3,6-9H2,1-2H3. The molecule has 0 aliphatic heterocycles. The molecular formula is C13H20ClNO3S. The lowest BCUT2D eigenvalue weighted by Gasteiger charge is -2.09. The number of sulfone groups is 1. The molecule has 4 nitrogen and oxygen atoms in total. The summed E-state index contributed by atoms with van der Waals surface area (Å²) in [4.78, 5) is 0. The summed E-state index contributed by atoms with van der Waals surface area (Å²) in [5.41, 5.74) is 1.06. The van der Waals surface area contributed by atoms with Gasteiger partial charge >= 0.3 is 0 Å². The van der Waals surface area contributed by atoms with Crippen molar-refractivity contribution in [2.45, 2.75) is 13.3 Å². The molecule has 0 bridgehead atoms. The summed E-state index contributed by atoms with van der Waals surface area (Å²) in [7, 11) is -2.90. The van der Waals surface area contributed by atoms with Gasteiger partial charge in [0.05, 0.1) is 5.75 Å². The smallest absolute Gasteiger partial charge is 0.148 e. The van der Waals surface area contributed by atoms with Crippen LogP contribution in [0.5, 0.6) is 5.75 Å². The quantitative estimate of drug-likeness (QED) is 0.746. The first-order valence-corrected chi connectivity index (χ1v) is 8.66. The highest BCUT2D eigenvalue weighted by Gasteiger charge is 2.02. The Hall–Kier alpha value is -0.780. The monoisotopic (exact) mass is 305 g/mol. The first-order chi connectivity index (χ1) is 8.92. The zero-order valence-electron chi connectivity index (χ0n) is 11.3. The van der Waals surface area contributed by atoms with Gasteiger partial charge in [-0.15, -0.1) is 0 Å². The SMILES string of the molecule is CCc1cc(OCCNCCS(C)(=O)=O)ccc1Cl. The number of nitrogens with one attached hydrogen (secondary N) is 1. The average molecular weight is 306 g/mol. The second-order valence-corrected chi connectivity index (χ2v) is 7.00. The van der Waals surface area contributed by atoms with Crippen molar-refractivity contribution < 1.29 is 13.2 Å². The van der Waals surface area contributed by atoms with Gasteiger partial charge < -0.3 is 10.1 Å². The van der Waals surface area contributed by atoms with E-state index in [1.54, 1.807) is 0 Å². The molecule has 1 rings (SSSR count). The molecule has 6 heteroatoms. The Morgan fingerprint density at radius 2 is 2.05 bits per heavy atom. The van der Waals surface area contributed by atoms with Crippen LogP contribution >= 0.6 is 11.6 Å². The topological polar surface area (TPSA) is 55.4 Å². The Labute approximate surface area is 120 Å². The molecule has 1 N–H and O–H groups in total. The summed E-state index contributed by atoms with van der Waals surface area (Å²) in [5.74, 6) is 0.930. The molecule has 0 saturated carbocycles. The Morgan fingerprint density at radius 1 is 1.32 bits per heavy atom. The number of rotatable bonds is 8. The van der Waals surface area contributed by atoms with Gasteiger partial charge in [-0.3, -0.25) is 0 Å². The predicted molar refractivity (Wildman–Crippen MR) is 78.9 cm³/mol. The van der Waals surface area contributed by atoms with Crippen molar-refractivity contribution in [3.8, 4) is 5.75 Å². The second-order valence-electron chi connectivity index (χ2n) is 4.34. The average Bonchev–Trinajstić information content (AvgIpc) is 2.34. The molecule has 0 spiro atoms. The third kappa shape index (κ3) is 6.80. The zero-order valence-corrected chi connectivity index (χ0v) is 12.9. The van der Waals surface area contributed by atoms with Crippen LogP contribution in [0.25, 0.3) is 0 Å². The Bertz CT molecular complexity index is 503. The summed E-state index contributed by atoms with van der Waals surface area (Å²) in [6.07, 6.45) is 2.09. The maximum atomic E-state index is 10.9. The van der Waals surface area contributed by atoms with Crippen molar-refractivity contribution in [2.24, 2.45) is 0 Å². The number of halogens is 1. The fraction of sp³-hybridized carbons (Fsp3) is 0.538. The Balaban J connectivity index is 2.26. The van der Waals surface area contributed by atoms with Crippen molar-refractivity contribution in [1.82, 2.24) is 5.32 Å². The van der Waals surface area contributed by atoms with Crippen molar-refractivity contribution in [3.05, 3.63) is 28.8 Å². The molecule has 0 amide bonds. The van der Waals surface area contributed by atoms with E-state index in [2.05, 4.69) is 5.32 Å². The van der Waals surface area contributed by atoms with Crippen molar-refractivity contribution in [1.29, 1.82) is 0 Å². The molecule has 0 aromatic heterocycles. The van der Waals surface area contributed by atoms with Crippen LogP contribution in [0.3, 0.4) is 0 Å². The van der Waals surface area contributed by atoms with Gasteiger partial charge in [-0.2, -0.15) is 0 Å². The first-order valence-electron chi connectivity index (χ1n) is 6.22. The van der Waals surface area contributed by atoms with Crippen molar-refractivity contribution >= 4 is 21.4 Å². The number of aryl methyl sites for hydroxylation is 1. The fourth-order valence-corrected chi connectivity index (χ4v) is 2.30. The van der Waals surface area contributed by atoms with Crippen LogP contribution < -0.4 is 10.1 Å². The normalized spacial score (nSPS) is 11.5. The van der Waals surface area contributed by atoms with E-state index in [0.29, 0.717) is 19.7 Å². The van der Waals surface area contributed by atoms with Gasteiger partial charge in [0, 0.05) is 24.4 Å². The predicted octanol–water partition coefficient (Wildman–Crippen LogP) is 1.92. The molecule has 108 valence electrons. The van der Waals surface area contributed by atoms with Crippen LogP contribution in [-0.4, -0.2) is 40.1 Å². The minimum atomic E-state index is -2.90. The number of hydrogen-bond acceptors (Lipinski definition) is 4. The number of ether oxygens (including phenoxy) is 1. The van der Waals surface area contributed by atoms with E-state index in [9.17, 15) is 8.42 Å². The number of hydrogen-bond donors (Lipinski definition) is 1. The van der Waals surface area contributed by atoms with Gasteiger partial charge in [-0.25, -0.2) is 8.42 Å². The van der Waals surface area contributed by atoms with E-state index in [0.717, 1.165) is 22.8 Å². The van der Waals surface area contributed by atoms with E-state index in [-0.39, 0.29) is 5.75 Å². The van der Waals surface area contributed by atoms with E-state index in [1.165, 1.54) is 6.26 Å². The van der Waals surface area contributed by atoms with Crippen LogP contribution in [0, 0.1) is 0 Å². The molecular weight excluding hydrogens is 286 g/mol. The summed E-state index contributed by atoms with van der Waals surface area (Å²) in [6.45, 7) is 3.59. The van der Waals surface area contributed by atoms with Crippen LogP contribution in [0.1, 0.15) is 12.5 Å². The molecule has 0 fully saturated rings. The van der Waals surface area contributed by atoms with Crippen LogP contribution in [0.4, 0.5) is 0 Å². The Kier molecular flexibility index (Phi) is 6.62. The lowest BCUT2D eigenvalue weighted by atomic mass is 10.1. The summed E-state index contributed by atoms with van der Waals surface area (Å²) >= 11 is 6.02. The molecule has 0 aliphatic rings. The minimum Gasteiger partial charge on any atom is -0.492 e. The summed E-state index contributed by atoms with van der Waals surface area (Å²) in [6, 6.07) is 5.59. The van der Waals surface area contributed by atoms with E-state index in [1.807, 2.05) is 25.1 Å². The minimum absolute atomic E-state index is 0.147. The van der Waals surface area contributed by atoms with Crippen molar-refractivity contribution in [3.63, 3.8) is 0 Å². The largest absolute Gasteiger partial charge is 0.492 e. The zero-order chi connectivity index (χ0) is 14.3. The fourth-order valence-electron chi connectivity index (χ4n) is 1.54. The van der Waals surface area contributed by atoms with Crippen LogP contribution in [0.15, 0.2) is 18.2 Å². The molecule has 0 radical (unpaired) electrons. The van der Waals surface area contributed by atoms with E-state index in [4.69, 9.17) is 16.3 Å². The molecule has 0 atom stereocenters. The van der Waals surface area contributed by atoms with Gasteiger partial charge in [-0.05, 0) is 30.2 Å². The van der Waals surface area contributed by atoms with Gasteiger partial charge in [0.2, 0.25) is 0 Å². The highest BCUT2D eigenvalue weighted by atomic mass is 35.5. The molecule has 0 aliphatic carbocycles. The summed E-state index contributed by atoms with van der Waals surface area (Å²) in [5, 5.41) is 3.77. The highest BCUT2D eigenvalue weighted by Crippen LogP contribution is 2.22. The maximum Gasteiger partial charge on any atom is 0.148 e. The number of benzene rings is 1. The van der Waals surface area contributed by atoms with Gasteiger partial charge in [0.15, 0.2) is 0 Å². The van der Waals surface area contributed by atoms with E-state index >= 15 is 0 Å². The molecule has 0 unspecified atom stereocenters. The lowest BCUT2D eigenvalue weighted by molar-refractivity contribution is 0.315. The highest BCUT2D eigenvalue weighted by molar-refractivity contribution is 7.90. The van der Waals surface area contributed by atoms with Gasteiger partial charge in [0.1, 0.15) is 22.2 Å². The van der Waals surface area contributed by atoms with E-state index < -0.39 is 9.84 Å². The molecule has 1 aromatic rings. The Morgan fingerprint density at radius 3 is 2.68 bits per heavy atom. The van der Waals surface area contributed by atoms with Gasteiger partial charge in [-0.1, -0.05) is 18.5 Å². The lowest BCUT2D eigenvalue weighted by Crippen LogP contribution is -2.26. The third-order valence-corrected chi connectivity index (χ3v) is 3.91. The van der Waals surface area contributed by atoms with Gasteiger partial charge in [0.25, 0.3) is 0 Å². The first kappa shape index (κ1) is 16.3. The van der Waals surface area contributed by atoms with Crippen LogP contribution in [0.2, 0.25) is 5.02 Å². The third-order valence-electron chi connectivity index (χ3n) is 2.60. The molecule has 0 heterocycles.